The molecule has 0 amide bonds. The SMILES string of the molecule is CCSCCC(O)C1(C#N)CCc2ccccc21. The Morgan fingerprint density at radius 2 is 2.28 bits per heavy atom. The Kier molecular flexibility index (Phi) is 4.31. The van der Waals surface area contributed by atoms with Crippen LogP contribution in [0.3, 0.4) is 0 Å². The van der Waals surface area contributed by atoms with Gasteiger partial charge in [0.05, 0.1) is 12.2 Å². The minimum absolute atomic E-state index is 0.551. The zero-order valence-electron chi connectivity index (χ0n) is 10.7. The first-order valence-electron chi connectivity index (χ1n) is 6.50. The third kappa shape index (κ3) is 2.28. The Morgan fingerprint density at radius 1 is 1.50 bits per heavy atom. The summed E-state index contributed by atoms with van der Waals surface area (Å²) < 4.78 is 0. The van der Waals surface area contributed by atoms with Crippen LogP contribution in [0.2, 0.25) is 0 Å². The van der Waals surface area contributed by atoms with E-state index >= 15 is 0 Å². The lowest BCUT2D eigenvalue weighted by molar-refractivity contribution is 0.107. The molecule has 0 heterocycles. The molecule has 0 aromatic heterocycles. The van der Waals surface area contributed by atoms with Crippen molar-refractivity contribution < 1.29 is 5.11 Å². The molecule has 1 N–H and O–H groups in total. The number of aryl methyl sites for hydroxylation is 1. The fourth-order valence-electron chi connectivity index (χ4n) is 2.76. The lowest BCUT2D eigenvalue weighted by atomic mass is 9.77. The van der Waals surface area contributed by atoms with Gasteiger partial charge < -0.3 is 5.11 Å². The number of benzene rings is 1. The monoisotopic (exact) mass is 261 g/mol. The Bertz CT molecular complexity index is 454. The third-order valence-electron chi connectivity index (χ3n) is 3.79. The van der Waals surface area contributed by atoms with Crippen molar-refractivity contribution in [1.82, 2.24) is 0 Å². The van der Waals surface area contributed by atoms with Crippen LogP contribution >= 0.6 is 11.8 Å². The van der Waals surface area contributed by atoms with Crippen LogP contribution in [-0.2, 0) is 11.8 Å². The standard InChI is InChI=1S/C15H19NOS/c1-2-18-10-8-14(17)15(11-16)9-7-12-5-3-4-6-13(12)15/h3-6,14,17H,2,7-10H2,1H3. The summed E-state index contributed by atoms with van der Waals surface area (Å²) in [6.45, 7) is 2.11. The van der Waals surface area contributed by atoms with Gasteiger partial charge in [-0.05, 0) is 41.9 Å². The fourth-order valence-corrected chi connectivity index (χ4v) is 3.44. The number of nitriles is 1. The van der Waals surface area contributed by atoms with E-state index in [1.54, 1.807) is 0 Å². The lowest BCUT2D eigenvalue weighted by Crippen LogP contribution is -2.36. The van der Waals surface area contributed by atoms with Crippen molar-refractivity contribution in [3.05, 3.63) is 35.4 Å². The lowest BCUT2D eigenvalue weighted by Gasteiger charge is -2.28. The summed E-state index contributed by atoms with van der Waals surface area (Å²) in [5.41, 5.74) is 1.59. The predicted molar refractivity (Wildman–Crippen MR) is 75.7 cm³/mol. The van der Waals surface area contributed by atoms with Gasteiger partial charge in [-0.15, -0.1) is 0 Å². The van der Waals surface area contributed by atoms with Crippen LogP contribution < -0.4 is 0 Å². The summed E-state index contributed by atoms with van der Waals surface area (Å²) >= 11 is 1.82. The zero-order chi connectivity index (χ0) is 13.0. The van der Waals surface area contributed by atoms with E-state index < -0.39 is 11.5 Å². The maximum atomic E-state index is 10.4. The fraction of sp³-hybridized carbons (Fsp3) is 0.533. The van der Waals surface area contributed by atoms with E-state index in [0.717, 1.165) is 29.9 Å². The number of aliphatic hydroxyl groups is 1. The van der Waals surface area contributed by atoms with Gasteiger partial charge in [0.15, 0.2) is 0 Å². The van der Waals surface area contributed by atoms with E-state index in [4.69, 9.17) is 0 Å². The molecule has 18 heavy (non-hydrogen) atoms. The summed E-state index contributed by atoms with van der Waals surface area (Å²) in [5, 5.41) is 20.0. The van der Waals surface area contributed by atoms with E-state index in [1.807, 2.05) is 30.0 Å². The van der Waals surface area contributed by atoms with Gasteiger partial charge in [0, 0.05) is 0 Å². The van der Waals surface area contributed by atoms with Crippen LogP contribution in [0.15, 0.2) is 24.3 Å². The topological polar surface area (TPSA) is 44.0 Å². The predicted octanol–water partition coefficient (Wildman–Crippen LogP) is 2.90. The largest absolute Gasteiger partial charge is 0.391 e. The van der Waals surface area contributed by atoms with Gasteiger partial charge in [-0.2, -0.15) is 17.0 Å². The molecule has 2 unspecified atom stereocenters. The average Bonchev–Trinajstić information content (AvgIpc) is 2.79. The van der Waals surface area contributed by atoms with E-state index in [0.29, 0.717) is 6.42 Å². The molecule has 2 nitrogen and oxygen atoms in total. The third-order valence-corrected chi connectivity index (χ3v) is 4.73. The zero-order valence-corrected chi connectivity index (χ0v) is 11.5. The van der Waals surface area contributed by atoms with Gasteiger partial charge >= 0.3 is 0 Å². The van der Waals surface area contributed by atoms with Crippen molar-refractivity contribution in [3.63, 3.8) is 0 Å². The smallest absolute Gasteiger partial charge is 0.109 e. The molecule has 0 spiro atoms. The van der Waals surface area contributed by atoms with E-state index in [2.05, 4.69) is 19.1 Å². The minimum Gasteiger partial charge on any atom is -0.391 e. The van der Waals surface area contributed by atoms with Crippen molar-refractivity contribution in [2.45, 2.75) is 37.7 Å². The minimum atomic E-state index is -0.676. The van der Waals surface area contributed by atoms with Crippen LogP contribution in [0.4, 0.5) is 0 Å². The number of hydrogen-bond acceptors (Lipinski definition) is 3. The Balaban J connectivity index is 2.20. The Labute approximate surface area is 113 Å². The number of hydrogen-bond donors (Lipinski definition) is 1. The molecule has 2 rings (SSSR count). The summed E-state index contributed by atoms with van der Waals surface area (Å²) in [6, 6.07) is 10.4. The van der Waals surface area contributed by atoms with Crippen molar-refractivity contribution in [2.75, 3.05) is 11.5 Å². The summed E-state index contributed by atoms with van der Waals surface area (Å²) in [4.78, 5) is 0. The molecular weight excluding hydrogens is 242 g/mol. The number of aliphatic hydroxyl groups excluding tert-OH is 1. The van der Waals surface area contributed by atoms with Crippen LogP contribution in [0, 0.1) is 11.3 Å². The molecule has 0 bridgehead atoms. The molecule has 0 radical (unpaired) electrons. The average molecular weight is 261 g/mol. The van der Waals surface area contributed by atoms with Crippen LogP contribution in [0.25, 0.3) is 0 Å². The number of thioether (sulfide) groups is 1. The molecule has 3 heteroatoms. The molecule has 0 saturated carbocycles. The summed E-state index contributed by atoms with van der Waals surface area (Å²) in [7, 11) is 0. The second-order valence-corrected chi connectivity index (χ2v) is 6.14. The molecule has 0 aliphatic heterocycles. The molecular formula is C15H19NOS. The first-order valence-corrected chi connectivity index (χ1v) is 7.65. The van der Waals surface area contributed by atoms with E-state index in [1.165, 1.54) is 5.56 Å². The van der Waals surface area contributed by atoms with Gasteiger partial charge in [-0.1, -0.05) is 31.2 Å². The normalized spacial score (nSPS) is 23.4. The number of nitrogens with zero attached hydrogens (tertiary/aromatic N) is 1. The molecule has 1 aliphatic rings. The van der Waals surface area contributed by atoms with Gasteiger partial charge in [-0.3, -0.25) is 0 Å². The maximum Gasteiger partial charge on any atom is 0.109 e. The van der Waals surface area contributed by atoms with Crippen molar-refractivity contribution >= 4 is 11.8 Å². The second-order valence-electron chi connectivity index (χ2n) is 4.74. The van der Waals surface area contributed by atoms with Crippen molar-refractivity contribution in [1.29, 1.82) is 5.26 Å². The highest BCUT2D eigenvalue weighted by atomic mass is 32.2. The highest BCUT2D eigenvalue weighted by Gasteiger charge is 2.44. The first-order chi connectivity index (χ1) is 8.74. The molecule has 2 atom stereocenters. The highest BCUT2D eigenvalue weighted by Crippen LogP contribution is 2.42. The Hall–Kier alpha value is -0.980. The first kappa shape index (κ1) is 13.5. The quantitative estimate of drug-likeness (QED) is 0.829. The van der Waals surface area contributed by atoms with Crippen molar-refractivity contribution in [3.8, 4) is 6.07 Å². The number of fused-ring (bicyclic) bond motifs is 1. The van der Waals surface area contributed by atoms with Gasteiger partial charge in [0.1, 0.15) is 5.41 Å². The molecule has 1 aromatic rings. The molecule has 0 saturated heterocycles. The molecule has 1 aromatic carbocycles. The molecule has 96 valence electrons. The van der Waals surface area contributed by atoms with Crippen LogP contribution in [0.5, 0.6) is 0 Å². The highest BCUT2D eigenvalue weighted by molar-refractivity contribution is 7.99. The van der Waals surface area contributed by atoms with Gasteiger partial charge in [0.25, 0.3) is 0 Å². The summed E-state index contributed by atoms with van der Waals surface area (Å²) in [6.07, 6.45) is 1.80. The van der Waals surface area contributed by atoms with E-state index in [-0.39, 0.29) is 0 Å². The van der Waals surface area contributed by atoms with Crippen molar-refractivity contribution in [2.24, 2.45) is 0 Å². The Morgan fingerprint density at radius 3 is 3.00 bits per heavy atom. The molecule has 1 aliphatic carbocycles. The van der Waals surface area contributed by atoms with Gasteiger partial charge in [-0.25, -0.2) is 0 Å². The maximum absolute atomic E-state index is 10.4. The number of rotatable bonds is 5. The summed E-state index contributed by atoms with van der Waals surface area (Å²) in [5.74, 6) is 1.98. The second kappa shape index (κ2) is 5.77. The van der Waals surface area contributed by atoms with Crippen LogP contribution in [0.1, 0.15) is 30.9 Å². The molecule has 0 fully saturated rings. The van der Waals surface area contributed by atoms with E-state index in [9.17, 15) is 10.4 Å². The van der Waals surface area contributed by atoms with Crippen LogP contribution in [-0.4, -0.2) is 22.7 Å². The van der Waals surface area contributed by atoms with Gasteiger partial charge in [0.2, 0.25) is 0 Å².